The summed E-state index contributed by atoms with van der Waals surface area (Å²) in [4.78, 5) is 0. The van der Waals surface area contributed by atoms with Crippen molar-refractivity contribution in [2.45, 2.75) is 31.5 Å². The lowest BCUT2D eigenvalue weighted by atomic mass is 9.87. The van der Waals surface area contributed by atoms with Gasteiger partial charge in [-0.05, 0) is 32.9 Å². The van der Waals surface area contributed by atoms with Crippen molar-refractivity contribution in [1.29, 1.82) is 0 Å². The van der Waals surface area contributed by atoms with Crippen LogP contribution in [-0.4, -0.2) is 37.0 Å². The fourth-order valence-electron chi connectivity index (χ4n) is 1.64. The lowest BCUT2D eigenvalue weighted by Gasteiger charge is -2.38. The molecular formula is C8H17NO2. The zero-order valence-electron chi connectivity index (χ0n) is 7.26. The van der Waals surface area contributed by atoms with Gasteiger partial charge in [-0.3, -0.25) is 0 Å². The van der Waals surface area contributed by atoms with E-state index in [2.05, 4.69) is 5.32 Å². The molecule has 0 bridgehead atoms. The van der Waals surface area contributed by atoms with Gasteiger partial charge in [0.05, 0.1) is 11.7 Å². The maximum Gasteiger partial charge on any atom is 0.0957 e. The molecule has 1 unspecified atom stereocenters. The van der Waals surface area contributed by atoms with Crippen LogP contribution in [-0.2, 0) is 4.74 Å². The van der Waals surface area contributed by atoms with E-state index in [1.165, 1.54) is 0 Å². The second-order valence-corrected chi connectivity index (χ2v) is 3.19. The maximum absolute atomic E-state index is 9.47. The summed E-state index contributed by atoms with van der Waals surface area (Å²) in [6, 6.07) is 0. The Morgan fingerprint density at radius 2 is 2.00 bits per heavy atom. The van der Waals surface area contributed by atoms with Crippen molar-refractivity contribution in [3.63, 3.8) is 0 Å². The molecule has 0 aliphatic carbocycles. The van der Waals surface area contributed by atoms with Crippen LogP contribution in [0.1, 0.15) is 19.8 Å². The topological polar surface area (TPSA) is 41.5 Å². The number of aliphatic hydroxyl groups excluding tert-OH is 1. The van der Waals surface area contributed by atoms with E-state index < -0.39 is 0 Å². The highest BCUT2D eigenvalue weighted by atomic mass is 16.5. The van der Waals surface area contributed by atoms with Crippen LogP contribution in [0.5, 0.6) is 0 Å². The minimum Gasteiger partial charge on any atom is -0.390 e. The Bertz CT molecular complexity index is 119. The van der Waals surface area contributed by atoms with E-state index in [4.69, 9.17) is 4.74 Å². The van der Waals surface area contributed by atoms with Gasteiger partial charge in [0.1, 0.15) is 0 Å². The summed E-state index contributed by atoms with van der Waals surface area (Å²) < 4.78 is 5.35. The number of piperidine rings is 1. The van der Waals surface area contributed by atoms with Gasteiger partial charge in [0.15, 0.2) is 0 Å². The summed E-state index contributed by atoms with van der Waals surface area (Å²) in [5.41, 5.74) is -0.286. The Labute approximate surface area is 67.7 Å². The highest BCUT2D eigenvalue weighted by Gasteiger charge is 2.36. The van der Waals surface area contributed by atoms with E-state index in [0.717, 1.165) is 25.9 Å². The summed E-state index contributed by atoms with van der Waals surface area (Å²) in [7, 11) is 1.68. The second-order valence-electron chi connectivity index (χ2n) is 3.19. The van der Waals surface area contributed by atoms with Crippen LogP contribution in [0.3, 0.4) is 0 Å². The molecule has 2 N–H and O–H groups in total. The van der Waals surface area contributed by atoms with Crippen molar-refractivity contribution in [1.82, 2.24) is 5.32 Å². The van der Waals surface area contributed by atoms with E-state index in [-0.39, 0.29) is 11.7 Å². The first-order chi connectivity index (χ1) is 5.21. The zero-order valence-corrected chi connectivity index (χ0v) is 7.26. The highest BCUT2D eigenvalue weighted by molar-refractivity contribution is 4.90. The average Bonchev–Trinajstić information content (AvgIpc) is 2.05. The van der Waals surface area contributed by atoms with Gasteiger partial charge in [0, 0.05) is 7.11 Å². The molecule has 0 saturated carbocycles. The fraction of sp³-hybridized carbons (Fsp3) is 1.00. The number of hydrogen-bond donors (Lipinski definition) is 2. The van der Waals surface area contributed by atoms with Gasteiger partial charge in [-0.2, -0.15) is 0 Å². The molecule has 0 aromatic carbocycles. The third-order valence-electron chi connectivity index (χ3n) is 2.62. The van der Waals surface area contributed by atoms with Crippen LogP contribution in [0.25, 0.3) is 0 Å². The Morgan fingerprint density at radius 1 is 1.45 bits per heavy atom. The molecule has 1 aliphatic heterocycles. The molecule has 1 fully saturated rings. The molecule has 11 heavy (non-hydrogen) atoms. The van der Waals surface area contributed by atoms with Crippen molar-refractivity contribution in [2.75, 3.05) is 20.2 Å². The van der Waals surface area contributed by atoms with Crippen LogP contribution < -0.4 is 5.32 Å². The Kier molecular flexibility index (Phi) is 2.87. The molecule has 0 amide bonds. The van der Waals surface area contributed by atoms with Gasteiger partial charge >= 0.3 is 0 Å². The van der Waals surface area contributed by atoms with Crippen molar-refractivity contribution in [3.8, 4) is 0 Å². The molecule has 1 saturated heterocycles. The van der Waals surface area contributed by atoms with Gasteiger partial charge < -0.3 is 15.2 Å². The number of hydrogen-bond acceptors (Lipinski definition) is 3. The third kappa shape index (κ3) is 1.72. The monoisotopic (exact) mass is 159 g/mol. The van der Waals surface area contributed by atoms with E-state index >= 15 is 0 Å². The summed E-state index contributed by atoms with van der Waals surface area (Å²) in [5.74, 6) is 0. The van der Waals surface area contributed by atoms with Gasteiger partial charge in [-0.25, -0.2) is 0 Å². The molecule has 1 heterocycles. The number of methoxy groups -OCH3 is 1. The number of aliphatic hydroxyl groups is 1. The molecule has 0 aromatic rings. The van der Waals surface area contributed by atoms with E-state index in [9.17, 15) is 5.11 Å². The zero-order chi connectivity index (χ0) is 8.32. The Morgan fingerprint density at radius 3 is 2.27 bits per heavy atom. The molecule has 1 rings (SSSR count). The quantitative estimate of drug-likeness (QED) is 0.602. The van der Waals surface area contributed by atoms with Crippen molar-refractivity contribution in [3.05, 3.63) is 0 Å². The molecule has 0 spiro atoms. The van der Waals surface area contributed by atoms with Crippen LogP contribution in [0.15, 0.2) is 0 Å². The Hall–Kier alpha value is -0.120. The smallest absolute Gasteiger partial charge is 0.0957 e. The second kappa shape index (κ2) is 3.52. The summed E-state index contributed by atoms with van der Waals surface area (Å²) in [6.45, 7) is 3.69. The molecule has 0 aromatic heterocycles. The van der Waals surface area contributed by atoms with Gasteiger partial charge in [0.2, 0.25) is 0 Å². The van der Waals surface area contributed by atoms with Gasteiger partial charge in [-0.1, -0.05) is 0 Å². The minimum atomic E-state index is -0.366. The Balaban J connectivity index is 2.57. The third-order valence-corrected chi connectivity index (χ3v) is 2.62. The largest absolute Gasteiger partial charge is 0.390 e. The fourth-order valence-corrected chi connectivity index (χ4v) is 1.64. The van der Waals surface area contributed by atoms with Crippen molar-refractivity contribution >= 4 is 0 Å². The maximum atomic E-state index is 9.47. The highest BCUT2D eigenvalue weighted by Crippen LogP contribution is 2.25. The van der Waals surface area contributed by atoms with Crippen LogP contribution in [0, 0.1) is 0 Å². The molecule has 66 valence electrons. The predicted molar refractivity (Wildman–Crippen MR) is 43.5 cm³/mol. The van der Waals surface area contributed by atoms with Gasteiger partial charge in [-0.15, -0.1) is 0 Å². The molecular weight excluding hydrogens is 142 g/mol. The standard InChI is InChI=1S/C8H17NO2/c1-7(10)8(11-2)3-5-9-6-4-8/h7,9-10H,3-6H2,1-2H3. The average molecular weight is 159 g/mol. The van der Waals surface area contributed by atoms with Crippen molar-refractivity contribution in [2.24, 2.45) is 0 Å². The predicted octanol–water partition coefficient (Wildman–Crippen LogP) is 0.136. The van der Waals surface area contributed by atoms with E-state index in [1.54, 1.807) is 14.0 Å². The SMILES string of the molecule is COC1(C(C)O)CCNCC1. The molecule has 3 nitrogen and oxygen atoms in total. The summed E-state index contributed by atoms with van der Waals surface area (Å²) >= 11 is 0. The number of rotatable bonds is 2. The molecule has 0 radical (unpaired) electrons. The number of nitrogens with one attached hydrogen (secondary N) is 1. The first kappa shape index (κ1) is 8.97. The molecule has 3 heteroatoms. The van der Waals surface area contributed by atoms with Gasteiger partial charge in [0.25, 0.3) is 0 Å². The first-order valence-corrected chi connectivity index (χ1v) is 4.15. The van der Waals surface area contributed by atoms with E-state index in [1.807, 2.05) is 0 Å². The minimum absolute atomic E-state index is 0.286. The molecule has 1 aliphatic rings. The molecule has 1 atom stereocenters. The summed E-state index contributed by atoms with van der Waals surface area (Å²) in [5, 5.41) is 12.7. The number of ether oxygens (including phenoxy) is 1. The van der Waals surface area contributed by atoms with Crippen LogP contribution >= 0.6 is 0 Å². The van der Waals surface area contributed by atoms with Crippen LogP contribution in [0.2, 0.25) is 0 Å². The lowest BCUT2D eigenvalue weighted by Crippen LogP contribution is -2.50. The first-order valence-electron chi connectivity index (χ1n) is 4.15. The van der Waals surface area contributed by atoms with E-state index in [0.29, 0.717) is 0 Å². The van der Waals surface area contributed by atoms with Crippen LogP contribution in [0.4, 0.5) is 0 Å². The van der Waals surface area contributed by atoms with Crippen molar-refractivity contribution < 1.29 is 9.84 Å². The normalized spacial score (nSPS) is 26.5. The summed E-state index contributed by atoms with van der Waals surface area (Å²) in [6.07, 6.45) is 1.44. The lowest BCUT2D eigenvalue weighted by molar-refractivity contribution is -0.111.